The zero-order valence-corrected chi connectivity index (χ0v) is 12.3. The second kappa shape index (κ2) is 6.46. The van der Waals surface area contributed by atoms with Gasteiger partial charge >= 0.3 is 6.03 Å². The first-order chi connectivity index (χ1) is 9.08. The predicted octanol–water partition coefficient (Wildman–Crippen LogP) is 3.21. The second-order valence-electron chi connectivity index (χ2n) is 4.66. The molecule has 1 aliphatic heterocycles. The third-order valence-electron chi connectivity index (χ3n) is 3.23. The average Bonchev–Trinajstić information content (AvgIpc) is 2.37. The minimum Gasteiger partial charge on any atom is -0.323 e. The van der Waals surface area contributed by atoms with E-state index in [1.165, 1.54) is 0 Å². The minimum atomic E-state index is -0.113. The number of hydrogen-bond donors (Lipinski definition) is 2. The van der Waals surface area contributed by atoms with E-state index in [9.17, 15) is 4.79 Å². The molecule has 19 heavy (non-hydrogen) atoms. The Morgan fingerprint density at radius 1 is 1.32 bits per heavy atom. The molecule has 0 bridgehead atoms. The van der Waals surface area contributed by atoms with E-state index in [2.05, 4.69) is 10.6 Å². The van der Waals surface area contributed by atoms with Gasteiger partial charge in [0, 0.05) is 34.9 Å². The van der Waals surface area contributed by atoms with E-state index in [1.807, 2.05) is 7.05 Å². The highest BCUT2D eigenvalue weighted by molar-refractivity contribution is 6.35. The van der Waals surface area contributed by atoms with Crippen molar-refractivity contribution in [3.05, 3.63) is 28.2 Å². The Kier molecular flexibility index (Phi) is 4.91. The van der Waals surface area contributed by atoms with Gasteiger partial charge in [0.25, 0.3) is 0 Å². The highest BCUT2D eigenvalue weighted by Gasteiger charge is 2.22. The first kappa shape index (κ1) is 14.4. The van der Waals surface area contributed by atoms with Gasteiger partial charge in [0.1, 0.15) is 0 Å². The van der Waals surface area contributed by atoms with Crippen molar-refractivity contribution >= 4 is 34.9 Å². The summed E-state index contributed by atoms with van der Waals surface area (Å²) in [5, 5.41) is 7.05. The van der Waals surface area contributed by atoms with Crippen molar-refractivity contribution in [3.63, 3.8) is 0 Å². The molecule has 4 nitrogen and oxygen atoms in total. The van der Waals surface area contributed by atoms with Crippen molar-refractivity contribution in [3.8, 4) is 0 Å². The molecule has 0 aromatic heterocycles. The number of halogens is 2. The first-order valence-electron chi connectivity index (χ1n) is 6.28. The molecule has 1 heterocycles. The Balaban J connectivity index is 2.00. The van der Waals surface area contributed by atoms with E-state index < -0.39 is 0 Å². The Hall–Kier alpha value is -0.970. The highest BCUT2D eigenvalue weighted by Crippen LogP contribution is 2.23. The van der Waals surface area contributed by atoms with Crippen molar-refractivity contribution in [2.24, 2.45) is 0 Å². The van der Waals surface area contributed by atoms with Crippen LogP contribution < -0.4 is 10.6 Å². The van der Waals surface area contributed by atoms with Crippen LogP contribution in [0.15, 0.2) is 18.2 Å². The van der Waals surface area contributed by atoms with Gasteiger partial charge in [-0.2, -0.15) is 0 Å². The predicted molar refractivity (Wildman–Crippen MR) is 79.1 cm³/mol. The number of carbonyl (C=O) groups excluding carboxylic acids is 1. The van der Waals surface area contributed by atoms with E-state index in [-0.39, 0.29) is 6.03 Å². The van der Waals surface area contributed by atoms with Crippen LogP contribution in [0.2, 0.25) is 10.0 Å². The topological polar surface area (TPSA) is 44.4 Å². The van der Waals surface area contributed by atoms with Gasteiger partial charge in [-0.15, -0.1) is 0 Å². The molecule has 2 amide bonds. The number of likely N-dealkylation sites (N-methyl/N-ethyl adjacent to an activating group) is 1. The summed E-state index contributed by atoms with van der Waals surface area (Å²) in [5.74, 6) is 0. The summed E-state index contributed by atoms with van der Waals surface area (Å²) in [6.07, 6.45) is 2.11. The third kappa shape index (κ3) is 4.00. The van der Waals surface area contributed by atoms with E-state index in [1.54, 1.807) is 23.1 Å². The molecule has 0 radical (unpaired) electrons. The number of nitrogens with one attached hydrogen (secondary N) is 2. The number of likely N-dealkylation sites (tertiary alicyclic amines) is 1. The summed E-state index contributed by atoms with van der Waals surface area (Å²) in [6.45, 7) is 1.49. The maximum absolute atomic E-state index is 12.2. The van der Waals surface area contributed by atoms with Crippen molar-refractivity contribution in [2.45, 2.75) is 18.9 Å². The third-order valence-corrected chi connectivity index (χ3v) is 3.67. The van der Waals surface area contributed by atoms with Crippen molar-refractivity contribution in [2.75, 3.05) is 25.5 Å². The molecule has 1 fully saturated rings. The minimum absolute atomic E-state index is 0.113. The number of nitrogens with zero attached hydrogens (tertiary/aromatic N) is 1. The van der Waals surface area contributed by atoms with Crippen LogP contribution in [0, 0.1) is 0 Å². The molecular formula is C13H17Cl2N3O. The fourth-order valence-electron chi connectivity index (χ4n) is 2.23. The van der Waals surface area contributed by atoms with Crippen LogP contribution in [0.1, 0.15) is 12.8 Å². The lowest BCUT2D eigenvalue weighted by molar-refractivity contribution is 0.187. The average molecular weight is 302 g/mol. The number of piperidine rings is 1. The monoisotopic (exact) mass is 301 g/mol. The van der Waals surface area contributed by atoms with Crippen LogP contribution in [-0.2, 0) is 0 Å². The van der Waals surface area contributed by atoms with Gasteiger partial charge in [0.05, 0.1) is 0 Å². The maximum atomic E-state index is 12.2. The van der Waals surface area contributed by atoms with E-state index in [0.29, 0.717) is 21.8 Å². The van der Waals surface area contributed by atoms with E-state index in [0.717, 1.165) is 25.9 Å². The zero-order valence-electron chi connectivity index (χ0n) is 10.7. The van der Waals surface area contributed by atoms with Crippen LogP contribution in [0.4, 0.5) is 10.5 Å². The Morgan fingerprint density at radius 3 is 2.63 bits per heavy atom. The Morgan fingerprint density at radius 2 is 2.00 bits per heavy atom. The van der Waals surface area contributed by atoms with Gasteiger partial charge in [-0.25, -0.2) is 4.79 Å². The number of hydrogen-bond acceptors (Lipinski definition) is 2. The summed E-state index contributed by atoms with van der Waals surface area (Å²) >= 11 is 11.8. The number of anilines is 1. The zero-order chi connectivity index (χ0) is 13.8. The van der Waals surface area contributed by atoms with Gasteiger partial charge in [-0.3, -0.25) is 0 Å². The highest BCUT2D eigenvalue weighted by atomic mass is 35.5. The number of amides is 2. The summed E-state index contributed by atoms with van der Waals surface area (Å²) in [4.78, 5) is 14.0. The van der Waals surface area contributed by atoms with Crippen molar-refractivity contribution < 1.29 is 4.79 Å². The Bertz CT molecular complexity index is 447. The molecule has 1 aliphatic rings. The fraction of sp³-hybridized carbons (Fsp3) is 0.462. The summed E-state index contributed by atoms with van der Waals surface area (Å²) in [7, 11) is 1.92. The van der Waals surface area contributed by atoms with Gasteiger partial charge in [0.15, 0.2) is 0 Å². The summed E-state index contributed by atoms with van der Waals surface area (Å²) < 4.78 is 0. The smallest absolute Gasteiger partial charge is 0.321 e. The molecule has 6 heteroatoms. The first-order valence-corrected chi connectivity index (χ1v) is 7.03. The molecule has 1 unspecified atom stereocenters. The quantitative estimate of drug-likeness (QED) is 0.881. The number of urea groups is 1. The lowest BCUT2D eigenvalue weighted by atomic mass is 10.1. The Labute approximate surface area is 123 Å². The van der Waals surface area contributed by atoms with Crippen molar-refractivity contribution in [1.82, 2.24) is 10.2 Å². The molecule has 2 N–H and O–H groups in total. The van der Waals surface area contributed by atoms with Crippen LogP contribution in [0.5, 0.6) is 0 Å². The molecule has 1 atom stereocenters. The molecule has 104 valence electrons. The molecule has 1 saturated heterocycles. The summed E-state index contributed by atoms with van der Waals surface area (Å²) in [5.41, 5.74) is 0.620. The van der Waals surface area contributed by atoms with Crippen molar-refractivity contribution in [1.29, 1.82) is 0 Å². The summed E-state index contributed by atoms with van der Waals surface area (Å²) in [6, 6.07) is 5.26. The normalized spacial score (nSPS) is 19.3. The van der Waals surface area contributed by atoms with Crippen LogP contribution >= 0.6 is 23.2 Å². The number of benzene rings is 1. The number of carbonyl (C=O) groups is 1. The SMILES string of the molecule is CNC1CCCN(C(=O)Nc2cc(Cl)cc(Cl)c2)C1. The maximum Gasteiger partial charge on any atom is 0.321 e. The molecular weight excluding hydrogens is 285 g/mol. The van der Waals surface area contributed by atoms with Crippen LogP contribution in [0.3, 0.4) is 0 Å². The van der Waals surface area contributed by atoms with Gasteiger partial charge in [-0.1, -0.05) is 23.2 Å². The van der Waals surface area contributed by atoms with Gasteiger partial charge in [-0.05, 0) is 38.1 Å². The van der Waals surface area contributed by atoms with Crippen LogP contribution in [0.25, 0.3) is 0 Å². The molecule has 1 aromatic carbocycles. The largest absolute Gasteiger partial charge is 0.323 e. The molecule has 0 saturated carbocycles. The molecule has 2 rings (SSSR count). The van der Waals surface area contributed by atoms with Gasteiger partial charge in [0.2, 0.25) is 0 Å². The number of rotatable bonds is 2. The molecule has 1 aromatic rings. The van der Waals surface area contributed by atoms with E-state index >= 15 is 0 Å². The van der Waals surface area contributed by atoms with Crippen LogP contribution in [-0.4, -0.2) is 37.1 Å². The van der Waals surface area contributed by atoms with E-state index in [4.69, 9.17) is 23.2 Å². The lowest BCUT2D eigenvalue weighted by Gasteiger charge is -2.32. The fourth-order valence-corrected chi connectivity index (χ4v) is 2.75. The standard InChI is InChI=1S/C13H17Cl2N3O/c1-16-11-3-2-4-18(8-11)13(19)17-12-6-9(14)5-10(15)7-12/h5-7,11,16H,2-4,8H2,1H3,(H,17,19). The van der Waals surface area contributed by atoms with Gasteiger partial charge < -0.3 is 15.5 Å². The molecule has 0 spiro atoms. The molecule has 0 aliphatic carbocycles. The second-order valence-corrected chi connectivity index (χ2v) is 5.53. The lowest BCUT2D eigenvalue weighted by Crippen LogP contribution is -2.48.